The number of nitrogens with zero attached hydrogens (tertiary/aromatic N) is 3. The molecule has 0 bridgehead atoms. The predicted octanol–water partition coefficient (Wildman–Crippen LogP) is 3.33. The normalized spacial score (nSPS) is 14.0. The Morgan fingerprint density at radius 3 is 2.06 bits per heavy atom. The van der Waals surface area contributed by atoms with Crippen LogP contribution in [0, 0.1) is 0 Å². The van der Waals surface area contributed by atoms with Gasteiger partial charge < -0.3 is 14.3 Å². The molecule has 0 unspecified atom stereocenters. The Morgan fingerprint density at radius 2 is 1.65 bits per heavy atom. The standard InChI is InChI=1S/C23H29N3O4Si/c1-23(2,3)31(18-11-7-5-8-12-18,19-13-9-6-10-14-19)30-17-21(27)20(25-26-24)15-16-22(28)29-4/h5-16,20-21,27H,17H2,1-4H3/b16-15+/t20-,21+/m0/s1. The van der Waals surface area contributed by atoms with Crippen LogP contribution in [0.2, 0.25) is 5.04 Å². The van der Waals surface area contributed by atoms with Gasteiger partial charge in [-0.2, -0.15) is 0 Å². The number of aliphatic hydroxyl groups is 1. The molecule has 0 heterocycles. The van der Waals surface area contributed by atoms with Gasteiger partial charge in [0.05, 0.1) is 25.9 Å². The van der Waals surface area contributed by atoms with Gasteiger partial charge in [-0.25, -0.2) is 4.79 Å². The third kappa shape index (κ3) is 5.83. The molecule has 2 rings (SSSR count). The molecule has 0 saturated carbocycles. The van der Waals surface area contributed by atoms with Crippen LogP contribution < -0.4 is 10.4 Å². The monoisotopic (exact) mass is 439 g/mol. The molecule has 31 heavy (non-hydrogen) atoms. The summed E-state index contributed by atoms with van der Waals surface area (Å²) in [5.41, 5.74) is 8.89. The van der Waals surface area contributed by atoms with Gasteiger partial charge in [-0.1, -0.05) is 92.6 Å². The number of esters is 1. The Balaban J connectivity index is 2.45. The average Bonchev–Trinajstić information content (AvgIpc) is 2.77. The minimum absolute atomic E-state index is 0.0670. The average molecular weight is 440 g/mol. The number of carbonyl (C=O) groups excluding carboxylic acids is 1. The van der Waals surface area contributed by atoms with Crippen molar-refractivity contribution in [2.75, 3.05) is 13.7 Å². The number of carbonyl (C=O) groups is 1. The van der Waals surface area contributed by atoms with E-state index in [0.717, 1.165) is 16.4 Å². The first kappa shape index (κ1) is 24.4. The molecule has 0 fully saturated rings. The Kier molecular flexibility index (Phi) is 8.59. The molecule has 164 valence electrons. The third-order valence-corrected chi connectivity index (χ3v) is 10.1. The van der Waals surface area contributed by atoms with Gasteiger partial charge in [0, 0.05) is 11.0 Å². The van der Waals surface area contributed by atoms with Gasteiger partial charge in [0.2, 0.25) is 0 Å². The largest absolute Gasteiger partial charge is 0.466 e. The maximum absolute atomic E-state index is 11.4. The van der Waals surface area contributed by atoms with Gasteiger partial charge in [-0.05, 0) is 20.9 Å². The highest BCUT2D eigenvalue weighted by molar-refractivity contribution is 6.99. The van der Waals surface area contributed by atoms with Crippen molar-refractivity contribution in [2.45, 2.75) is 38.0 Å². The fourth-order valence-corrected chi connectivity index (χ4v) is 8.20. The van der Waals surface area contributed by atoms with E-state index in [9.17, 15) is 9.90 Å². The van der Waals surface area contributed by atoms with E-state index in [0.29, 0.717) is 0 Å². The summed E-state index contributed by atoms with van der Waals surface area (Å²) in [6, 6.07) is 19.1. The summed E-state index contributed by atoms with van der Waals surface area (Å²) < 4.78 is 11.2. The summed E-state index contributed by atoms with van der Waals surface area (Å²) >= 11 is 0. The highest BCUT2D eigenvalue weighted by Gasteiger charge is 2.50. The van der Waals surface area contributed by atoms with Crippen molar-refractivity contribution >= 4 is 24.7 Å². The summed E-state index contributed by atoms with van der Waals surface area (Å²) in [6.45, 7) is 6.33. The number of rotatable bonds is 9. The van der Waals surface area contributed by atoms with Crippen LogP contribution in [0.4, 0.5) is 0 Å². The smallest absolute Gasteiger partial charge is 0.330 e. The second kappa shape index (κ2) is 10.9. The van der Waals surface area contributed by atoms with Gasteiger partial charge in [0.15, 0.2) is 0 Å². The number of aliphatic hydroxyl groups excluding tert-OH is 1. The number of azide groups is 1. The van der Waals surface area contributed by atoms with E-state index in [1.807, 2.05) is 36.4 Å². The zero-order valence-corrected chi connectivity index (χ0v) is 19.3. The van der Waals surface area contributed by atoms with E-state index in [4.69, 9.17) is 9.96 Å². The summed E-state index contributed by atoms with van der Waals surface area (Å²) in [5.74, 6) is -0.599. The molecule has 0 radical (unpaired) electrons. The Hall–Kier alpha value is -2.90. The molecule has 0 aromatic heterocycles. The quantitative estimate of drug-likeness (QED) is 0.162. The lowest BCUT2D eigenvalue weighted by Crippen LogP contribution is -2.67. The third-order valence-electron chi connectivity index (χ3n) is 5.10. The topological polar surface area (TPSA) is 105 Å². The summed E-state index contributed by atoms with van der Waals surface area (Å²) in [5, 5.41) is 16.3. The van der Waals surface area contributed by atoms with Crippen LogP contribution >= 0.6 is 0 Å². The summed E-state index contributed by atoms with van der Waals surface area (Å²) in [4.78, 5) is 14.2. The van der Waals surface area contributed by atoms with Crippen LogP contribution in [0.25, 0.3) is 10.4 Å². The number of hydrogen-bond donors (Lipinski definition) is 1. The second-order valence-electron chi connectivity index (χ2n) is 8.12. The molecule has 1 N–H and O–H groups in total. The highest BCUT2D eigenvalue weighted by atomic mass is 28.4. The molecular formula is C23H29N3O4Si. The maximum atomic E-state index is 11.4. The minimum atomic E-state index is -2.84. The Bertz CT molecular complexity index is 883. The van der Waals surface area contributed by atoms with Crippen molar-refractivity contribution in [3.8, 4) is 0 Å². The zero-order chi connectivity index (χ0) is 22.9. The van der Waals surface area contributed by atoms with Gasteiger partial charge in [0.1, 0.15) is 0 Å². The lowest BCUT2D eigenvalue weighted by molar-refractivity contribution is -0.134. The van der Waals surface area contributed by atoms with Gasteiger partial charge >= 0.3 is 5.97 Å². The summed E-state index contributed by atoms with van der Waals surface area (Å²) in [7, 11) is -1.60. The second-order valence-corrected chi connectivity index (χ2v) is 12.4. The molecule has 2 aromatic rings. The van der Waals surface area contributed by atoms with Crippen LogP contribution in [0.1, 0.15) is 20.8 Å². The molecule has 7 nitrogen and oxygen atoms in total. The first-order chi connectivity index (χ1) is 14.8. The molecule has 2 aromatic carbocycles. The molecule has 0 amide bonds. The van der Waals surface area contributed by atoms with Gasteiger partial charge in [-0.15, -0.1) is 0 Å². The lowest BCUT2D eigenvalue weighted by atomic mass is 10.1. The molecular weight excluding hydrogens is 410 g/mol. The molecule has 0 aliphatic carbocycles. The van der Waals surface area contributed by atoms with E-state index in [2.05, 4.69) is 59.8 Å². The maximum Gasteiger partial charge on any atom is 0.330 e. The summed E-state index contributed by atoms with van der Waals surface area (Å²) in [6.07, 6.45) is 1.31. The van der Waals surface area contributed by atoms with E-state index in [-0.39, 0.29) is 11.6 Å². The first-order valence-electron chi connectivity index (χ1n) is 9.99. The van der Waals surface area contributed by atoms with Crippen LogP contribution in [-0.4, -0.2) is 45.3 Å². The Morgan fingerprint density at radius 1 is 1.13 bits per heavy atom. The van der Waals surface area contributed by atoms with Gasteiger partial charge in [-0.3, -0.25) is 0 Å². The minimum Gasteiger partial charge on any atom is -0.466 e. The predicted molar refractivity (Wildman–Crippen MR) is 124 cm³/mol. The van der Waals surface area contributed by atoms with Crippen LogP contribution in [0.15, 0.2) is 77.9 Å². The number of methoxy groups -OCH3 is 1. The molecule has 0 spiro atoms. The number of hydrogen-bond acceptors (Lipinski definition) is 5. The van der Waals surface area contributed by atoms with Gasteiger partial charge in [0.25, 0.3) is 8.32 Å². The van der Waals surface area contributed by atoms with Crippen molar-refractivity contribution < 1.29 is 19.1 Å². The van der Waals surface area contributed by atoms with E-state index < -0.39 is 26.4 Å². The van der Waals surface area contributed by atoms with Crippen molar-refractivity contribution in [1.29, 1.82) is 0 Å². The Labute approximate surface area is 184 Å². The van der Waals surface area contributed by atoms with Crippen molar-refractivity contribution in [3.05, 3.63) is 83.3 Å². The van der Waals surface area contributed by atoms with E-state index in [1.54, 1.807) is 0 Å². The van der Waals surface area contributed by atoms with Crippen molar-refractivity contribution in [2.24, 2.45) is 5.11 Å². The molecule has 2 atom stereocenters. The molecule has 0 aliphatic heterocycles. The van der Waals surface area contributed by atoms with Crippen LogP contribution in [0.5, 0.6) is 0 Å². The highest BCUT2D eigenvalue weighted by Crippen LogP contribution is 2.36. The molecule has 0 aliphatic rings. The lowest BCUT2D eigenvalue weighted by Gasteiger charge is -2.43. The number of benzene rings is 2. The van der Waals surface area contributed by atoms with Crippen LogP contribution in [-0.2, 0) is 14.0 Å². The zero-order valence-electron chi connectivity index (χ0n) is 18.3. The molecule has 0 saturated heterocycles. The first-order valence-corrected chi connectivity index (χ1v) is 11.9. The fraction of sp³-hybridized carbons (Fsp3) is 0.348. The fourth-order valence-electron chi connectivity index (χ4n) is 3.62. The van der Waals surface area contributed by atoms with Crippen LogP contribution in [0.3, 0.4) is 0 Å². The SMILES string of the molecule is COC(=O)/C=C/[C@H](N=[N+]=[N-])[C@H](O)CO[Si](c1ccccc1)(c1ccccc1)C(C)(C)C. The molecule has 8 heteroatoms. The van der Waals surface area contributed by atoms with E-state index >= 15 is 0 Å². The number of ether oxygens (including phenoxy) is 1. The van der Waals surface area contributed by atoms with E-state index in [1.165, 1.54) is 13.2 Å². The van der Waals surface area contributed by atoms with Crippen molar-refractivity contribution in [1.82, 2.24) is 0 Å². The van der Waals surface area contributed by atoms with Crippen molar-refractivity contribution in [3.63, 3.8) is 0 Å².